The van der Waals surface area contributed by atoms with Crippen LogP contribution in [0.3, 0.4) is 0 Å². The van der Waals surface area contributed by atoms with E-state index >= 15 is 9.59 Å². The zero-order chi connectivity index (χ0) is 111. The summed E-state index contributed by atoms with van der Waals surface area (Å²) >= 11 is 0.581. The Labute approximate surface area is 631 Å². The van der Waals surface area contributed by atoms with E-state index in [2.05, 4.69) is 9.97 Å². The molecule has 8 aromatic rings. The molecule has 22 heteroatoms. The van der Waals surface area contributed by atoms with E-state index in [9.17, 15) is 55.7 Å². The second-order valence-corrected chi connectivity index (χ2v) is 21.2. The average molecular weight is 1410 g/mol. The molecule has 0 fully saturated rings. The van der Waals surface area contributed by atoms with Crippen LogP contribution in [0.4, 0.5) is 35.1 Å². The molecule has 2 amide bonds. The highest BCUT2D eigenvalue weighted by Gasteiger charge is 2.34. The first-order chi connectivity index (χ1) is 64.7. The number of thioether (sulfide) groups is 2. The molecule has 0 N–H and O–H groups in total. The van der Waals surface area contributed by atoms with Gasteiger partial charge in [0, 0.05) is 97.7 Å². The predicted molar refractivity (Wildman–Crippen MR) is 363 cm³/mol. The molecular formula is C74H80F8N8O4S2. The molecule has 0 bridgehead atoms. The molecule has 12 nitrogen and oxygen atoms in total. The maximum Gasteiger partial charge on any atom is 0.416 e. The van der Waals surface area contributed by atoms with Crippen molar-refractivity contribution in [3.05, 3.63) is 232 Å². The molecule has 2 aromatic heterocycles. The lowest BCUT2D eigenvalue weighted by Gasteiger charge is -2.28. The third-order valence-electron chi connectivity index (χ3n) is 13.0. The van der Waals surface area contributed by atoms with Crippen LogP contribution in [0.2, 0.25) is 0 Å². The van der Waals surface area contributed by atoms with Crippen molar-refractivity contribution in [2.75, 3.05) is 52.0 Å². The van der Waals surface area contributed by atoms with E-state index in [4.69, 9.17) is 54.8 Å². The van der Waals surface area contributed by atoms with Crippen molar-refractivity contribution >= 4 is 35.3 Å². The number of rotatable bonds is 26. The minimum atomic E-state index is -5.34. The molecule has 0 unspecified atom stereocenters. The second-order valence-electron chi connectivity index (χ2n) is 19.3. The zero-order valence-electron chi connectivity index (χ0n) is 98.5. The normalized spacial score (nSPS) is 23.1. The van der Waals surface area contributed by atoms with E-state index in [1.165, 1.54) is 0 Å². The van der Waals surface area contributed by atoms with E-state index in [1.807, 2.05) is 0 Å². The third kappa shape index (κ3) is 18.8. The lowest BCUT2D eigenvalue weighted by atomic mass is 9.98. The Bertz CT molecular complexity index is 6560. The number of likely N-dealkylation sites (N-methyl/N-ethyl adjacent to an activating group) is 2. The van der Waals surface area contributed by atoms with Crippen LogP contribution in [0.1, 0.15) is 173 Å². The summed E-state index contributed by atoms with van der Waals surface area (Å²) in [6.45, 7) is -39.0. The van der Waals surface area contributed by atoms with Gasteiger partial charge in [-0.15, -0.1) is 0 Å². The van der Waals surface area contributed by atoms with Gasteiger partial charge in [-0.25, -0.2) is 8.78 Å². The fourth-order valence-electron chi connectivity index (χ4n) is 8.50. The average Bonchev–Trinajstić information content (AvgIpc) is 1.47. The number of hydrogen-bond acceptors (Lipinski definition) is 10. The van der Waals surface area contributed by atoms with Crippen LogP contribution in [0.25, 0.3) is 22.3 Å². The highest BCUT2D eigenvalue weighted by molar-refractivity contribution is 7.98. The standard InChI is InChI=1S/2C37H40F4N4O2S/c2*1-4-43(5-2)19-20-44(22-26-9-13-28(14-10-26)29-15-18-32(25(3)21-29)37(39,40)41)34(46)23-45-33-8-6-7-31(33)35(47)42-36(45)48-24-27-11-16-30(38)17-12-27/h2*9-18,21H,4-8,19-20,22-24H2,1-3H3/i4D2,5D2,6D2,7D2,8D2,9D,10D,11D,12D,13D,14D,15D,16D,17D,18D,19D2,20D2,21D,22D2;4D2,5D2,9D,10D,11D,12D,13D,14D,15D,16D,17D,18D,19D2,20D2,21D,22D2. The molecule has 0 aliphatic heterocycles. The number of nitrogens with zero attached hydrogens (tertiary/aromatic N) is 8. The van der Waals surface area contributed by atoms with E-state index < -0.39 is 392 Å². The molecule has 2 heterocycles. The van der Waals surface area contributed by atoms with Crippen molar-refractivity contribution in [1.82, 2.24) is 38.7 Å². The molecule has 96 heavy (non-hydrogen) atoms. The van der Waals surface area contributed by atoms with Crippen molar-refractivity contribution in [2.45, 2.75) is 140 Å². The number of aromatic nitrogens is 4. The van der Waals surface area contributed by atoms with Gasteiger partial charge in [0.25, 0.3) is 11.1 Å². The summed E-state index contributed by atoms with van der Waals surface area (Å²) in [4.78, 5) is 62.7. The van der Waals surface area contributed by atoms with Crippen LogP contribution < -0.4 is 11.1 Å². The predicted octanol–water partition coefficient (Wildman–Crippen LogP) is 15.1. The summed E-state index contributed by atoms with van der Waals surface area (Å²) in [6.07, 6.45) is -21.6. The summed E-state index contributed by atoms with van der Waals surface area (Å²) < 4.78 is 528. The van der Waals surface area contributed by atoms with Crippen molar-refractivity contribution < 1.29 is 111 Å². The van der Waals surface area contributed by atoms with Crippen molar-refractivity contribution in [2.24, 2.45) is 0 Å². The van der Waals surface area contributed by atoms with Gasteiger partial charge in [0.15, 0.2) is 10.3 Å². The number of halogens is 8. The number of benzene rings is 6. The van der Waals surface area contributed by atoms with Crippen molar-refractivity contribution in [1.29, 1.82) is 0 Å². The Kier molecular flexibility index (Phi) is 11.0. The smallest absolute Gasteiger partial charge is 0.336 e. The summed E-state index contributed by atoms with van der Waals surface area (Å²) in [5, 5.41) is -1.54. The number of hydrogen-bond donors (Lipinski definition) is 0. The van der Waals surface area contributed by atoms with Crippen molar-refractivity contribution in [3.63, 3.8) is 0 Å². The fourth-order valence-corrected chi connectivity index (χ4v) is 10.3. The largest absolute Gasteiger partial charge is 0.416 e. The van der Waals surface area contributed by atoms with E-state index in [0.29, 0.717) is 46.4 Å². The zero-order valence-corrected chi connectivity index (χ0v) is 52.1. The van der Waals surface area contributed by atoms with Crippen LogP contribution in [0.5, 0.6) is 0 Å². The van der Waals surface area contributed by atoms with Crippen molar-refractivity contribution in [3.8, 4) is 22.3 Å². The maximum absolute atomic E-state index is 15.3. The SMILES string of the molecule is [2H]c1c([2H])c(CSc2nc(=O)c3c(n2CC(=O)N(C([2H])([2H])c2c([2H])c([2H])c(-c4c([2H])c([2H])c(C(F)(F)F)c(C)c4[2H])c([2H])c2[2H])C([2H])([2H])C([2H])([2H])N(C([2H])([2H])C)C([2H])([2H])C)C([2H])([2H])C([2H])([2H])C3([2H])[2H])c([2H])c([2H])c1F.[2H]c1c([2H])c(CSc2nc(=O)c3c(n2CC(=O)N(C([2H])([2H])c2c([2H])c([2H])c(-c4c([2H])c([2H])c(C(F)(F)F)c(C)c4[2H])c([2H])c2[2H])C([2H])([2H])C([2H])([2H])N(C([2H])([2H])C)C([2H])([2H])C)CCC3)c([2H])c([2H])c1F. The monoisotopic (exact) mass is 1410 g/mol. The molecule has 0 spiro atoms. The molecule has 0 atom stereocenters. The maximum atomic E-state index is 15.3. The number of carbonyl (C=O) groups is 2. The fraction of sp³-hybridized carbons (Fsp3) is 0.378. The van der Waals surface area contributed by atoms with Gasteiger partial charge in [-0.2, -0.15) is 36.3 Å². The number of fused-ring (bicyclic) bond motifs is 2. The summed E-state index contributed by atoms with van der Waals surface area (Å²) in [6, 6.07) is -28.9. The first kappa shape index (κ1) is 32.2. The summed E-state index contributed by atoms with van der Waals surface area (Å²) in [5.74, 6) is -8.81. The van der Waals surface area contributed by atoms with Gasteiger partial charge in [-0.3, -0.25) is 19.2 Å². The van der Waals surface area contributed by atoms with Gasteiger partial charge in [0.05, 0.1) is 52.2 Å². The molecule has 2 aliphatic carbocycles. The Morgan fingerprint density at radius 2 is 0.906 bits per heavy atom. The summed E-state index contributed by atoms with van der Waals surface area (Å²) in [7, 11) is 0. The number of amides is 2. The van der Waals surface area contributed by atoms with Crippen LogP contribution in [-0.4, -0.2) is 102 Å². The van der Waals surface area contributed by atoms with Crippen LogP contribution in [0.15, 0.2) is 153 Å². The Morgan fingerprint density at radius 3 is 1.31 bits per heavy atom. The summed E-state index contributed by atoms with van der Waals surface area (Å²) in [5.41, 5.74) is -19.8. The quantitative estimate of drug-likeness (QED) is 0.0295. The van der Waals surface area contributed by atoms with Crippen LogP contribution in [-0.2, 0) is 85.1 Å². The number of carbonyl (C=O) groups excluding carboxylic acids is 2. The van der Waals surface area contributed by atoms with Gasteiger partial charge in [-0.05, 0) is 170 Å². The van der Waals surface area contributed by atoms with Gasteiger partial charge < -0.3 is 28.7 Å². The Balaban J connectivity index is 0.000000322. The molecule has 10 rings (SSSR count). The first-order valence-corrected chi connectivity index (χ1v) is 29.5. The van der Waals surface area contributed by atoms with Crippen LogP contribution >= 0.6 is 23.5 Å². The van der Waals surface area contributed by atoms with Gasteiger partial charge in [0.2, 0.25) is 11.8 Å². The minimum absolute atomic E-state index is 0.00246. The third-order valence-corrected chi connectivity index (χ3v) is 15.0. The van der Waals surface area contributed by atoms with E-state index in [1.54, 1.807) is 0 Å². The first-order valence-electron chi connectivity index (χ1n) is 51.5. The molecule has 0 radical (unpaired) electrons. The number of alkyl halides is 6. The molecule has 0 saturated heterocycles. The van der Waals surface area contributed by atoms with Gasteiger partial charge in [-0.1, -0.05) is 148 Å². The lowest BCUT2D eigenvalue weighted by molar-refractivity contribution is -0.138. The highest BCUT2D eigenvalue weighted by atomic mass is 32.2. The Hall–Kier alpha value is -7.92. The molecule has 0 saturated carbocycles. The molecule has 6 aromatic carbocycles. The van der Waals surface area contributed by atoms with Crippen LogP contribution in [0, 0.1) is 25.5 Å². The molecule has 508 valence electrons. The highest BCUT2D eigenvalue weighted by Crippen LogP contribution is 2.37. The second kappa shape index (κ2) is 32.9. The minimum Gasteiger partial charge on any atom is -0.336 e. The van der Waals surface area contributed by atoms with E-state index in [0.717, 1.165) is 11.5 Å². The topological polar surface area (TPSA) is 117 Å². The van der Waals surface area contributed by atoms with Gasteiger partial charge in [0.1, 0.15) is 24.7 Å². The van der Waals surface area contributed by atoms with E-state index in [-0.39, 0.29) is 51.7 Å². The molecule has 2 aliphatic rings. The molecular weight excluding hydrogens is 1280 g/mol. The van der Waals surface area contributed by atoms with Gasteiger partial charge >= 0.3 is 12.4 Å². The Morgan fingerprint density at radius 1 is 0.521 bits per heavy atom. The lowest BCUT2D eigenvalue weighted by Crippen LogP contribution is -2.40.